The second kappa shape index (κ2) is 10.6. The summed E-state index contributed by atoms with van der Waals surface area (Å²) in [4.78, 5) is 16.7. The number of rotatable bonds is 11. The third-order valence-electron chi connectivity index (χ3n) is 3.64. The van der Waals surface area contributed by atoms with Gasteiger partial charge < -0.3 is 23.8 Å². The van der Waals surface area contributed by atoms with Gasteiger partial charge in [-0.2, -0.15) is 0 Å². The molecule has 0 unspecified atom stereocenters. The molecule has 0 fully saturated rings. The average molecular weight is 428 g/mol. The Balaban J connectivity index is 2.03. The predicted molar refractivity (Wildman–Crippen MR) is 109 cm³/mol. The molecule has 0 aliphatic rings. The van der Waals surface area contributed by atoms with Crippen LogP contribution in [0.3, 0.4) is 0 Å². The van der Waals surface area contributed by atoms with Gasteiger partial charge in [0.05, 0.1) is 45.7 Å². The fourth-order valence-corrected chi connectivity index (χ4v) is 4.97. The Morgan fingerprint density at radius 1 is 1.18 bits per heavy atom. The van der Waals surface area contributed by atoms with Gasteiger partial charge in [-0.05, 0) is 32.0 Å². The molecule has 1 N–H and O–H groups in total. The van der Waals surface area contributed by atoms with Crippen molar-refractivity contribution in [1.29, 1.82) is 0 Å². The van der Waals surface area contributed by atoms with Crippen LogP contribution in [0.15, 0.2) is 23.6 Å². The van der Waals surface area contributed by atoms with Crippen molar-refractivity contribution >= 4 is 30.0 Å². The summed E-state index contributed by atoms with van der Waals surface area (Å²) in [7, 11) is -0.127. The minimum Gasteiger partial charge on any atom is -0.497 e. The molecule has 0 aliphatic carbocycles. The molecule has 1 heterocycles. The second-order valence-corrected chi connectivity index (χ2v) is 8.56. The van der Waals surface area contributed by atoms with Gasteiger partial charge in [0.1, 0.15) is 11.5 Å². The maximum Gasteiger partial charge on any atom is 0.336 e. The molecular formula is C18H25N2O6PS. The van der Waals surface area contributed by atoms with E-state index in [4.69, 9.17) is 18.5 Å². The quantitative estimate of drug-likeness (QED) is 0.538. The molecule has 1 aromatic carbocycles. The number of thiazole rings is 1. The van der Waals surface area contributed by atoms with Crippen LogP contribution in [-0.4, -0.2) is 38.3 Å². The van der Waals surface area contributed by atoms with Crippen LogP contribution in [0.4, 0.5) is 5.13 Å². The van der Waals surface area contributed by atoms with Crippen molar-refractivity contribution in [2.75, 3.05) is 32.8 Å². The zero-order chi connectivity index (χ0) is 20.6. The Hall–Kier alpha value is -1.93. The summed E-state index contributed by atoms with van der Waals surface area (Å²) in [5.74, 6) is 0.998. The molecule has 0 atom stereocenters. The number of carbonyl (C=O) groups is 1. The fourth-order valence-electron chi connectivity index (χ4n) is 2.51. The number of carbonyl (C=O) groups excluding carboxylic acids is 1. The van der Waals surface area contributed by atoms with E-state index in [-0.39, 0.29) is 31.7 Å². The number of methoxy groups -OCH3 is 2. The Morgan fingerprint density at radius 3 is 2.50 bits per heavy atom. The highest BCUT2D eigenvalue weighted by molar-refractivity contribution is 7.53. The summed E-state index contributed by atoms with van der Waals surface area (Å²) in [6.07, 6.45) is 0.163. The first-order chi connectivity index (χ1) is 13.4. The van der Waals surface area contributed by atoms with Gasteiger partial charge in [-0.1, -0.05) is 0 Å². The number of amides is 1. The van der Waals surface area contributed by atoms with Crippen LogP contribution in [0, 0.1) is 0 Å². The monoisotopic (exact) mass is 428 g/mol. The number of hydrogen-bond donors (Lipinski definition) is 1. The smallest absolute Gasteiger partial charge is 0.336 e. The van der Waals surface area contributed by atoms with Crippen LogP contribution >= 0.6 is 18.9 Å². The molecule has 2 aromatic rings. The molecule has 154 valence electrons. The van der Waals surface area contributed by atoms with Crippen molar-refractivity contribution in [3.8, 4) is 11.5 Å². The summed E-state index contributed by atoms with van der Waals surface area (Å²) in [6, 6.07) is 5.27. The van der Waals surface area contributed by atoms with Gasteiger partial charge in [-0.3, -0.25) is 9.36 Å². The third-order valence-corrected chi connectivity index (χ3v) is 6.46. The Bertz CT molecular complexity index is 831. The van der Waals surface area contributed by atoms with E-state index in [0.717, 1.165) is 0 Å². The highest BCUT2D eigenvalue weighted by atomic mass is 32.1. The van der Waals surface area contributed by atoms with Crippen LogP contribution in [0.25, 0.3) is 0 Å². The molecule has 0 saturated carbocycles. The molecule has 1 aromatic heterocycles. The number of nitrogens with one attached hydrogen (secondary N) is 1. The van der Waals surface area contributed by atoms with Gasteiger partial charge in [0, 0.05) is 10.9 Å². The summed E-state index contributed by atoms with van der Waals surface area (Å²) < 4.78 is 33.6. The topological polar surface area (TPSA) is 96.0 Å². The first-order valence-corrected chi connectivity index (χ1v) is 11.4. The van der Waals surface area contributed by atoms with Crippen molar-refractivity contribution in [1.82, 2.24) is 4.98 Å². The van der Waals surface area contributed by atoms with Crippen molar-refractivity contribution in [2.24, 2.45) is 0 Å². The van der Waals surface area contributed by atoms with Gasteiger partial charge in [0.15, 0.2) is 5.13 Å². The number of anilines is 1. The van der Waals surface area contributed by atoms with E-state index >= 15 is 0 Å². The summed E-state index contributed by atoms with van der Waals surface area (Å²) >= 11 is 1.25. The molecular weight excluding hydrogens is 403 g/mol. The van der Waals surface area contributed by atoms with Crippen molar-refractivity contribution < 1.29 is 27.9 Å². The summed E-state index contributed by atoms with van der Waals surface area (Å²) in [6.45, 7) is 4.08. The zero-order valence-electron chi connectivity index (χ0n) is 16.4. The van der Waals surface area contributed by atoms with Crippen molar-refractivity contribution in [2.45, 2.75) is 26.4 Å². The average Bonchev–Trinajstić information content (AvgIpc) is 3.08. The number of ether oxygens (including phenoxy) is 2. The standard InChI is InChI=1S/C18H25N2O6PS/c1-5-25-27(22,26-6-2)11-14-12-28-18(19-14)20-17(21)10-13-9-15(23-3)7-8-16(13)24-4/h7-9,12H,5-6,10-11H2,1-4H3,(H,19,20,21). The van der Waals surface area contributed by atoms with Gasteiger partial charge in [-0.25, -0.2) is 4.98 Å². The molecule has 28 heavy (non-hydrogen) atoms. The van der Waals surface area contributed by atoms with Crippen LogP contribution in [-0.2, 0) is 31.0 Å². The van der Waals surface area contributed by atoms with E-state index in [1.807, 2.05) is 0 Å². The van der Waals surface area contributed by atoms with Gasteiger partial charge >= 0.3 is 7.60 Å². The lowest BCUT2D eigenvalue weighted by molar-refractivity contribution is -0.115. The highest BCUT2D eigenvalue weighted by Crippen LogP contribution is 2.51. The third kappa shape index (κ3) is 6.31. The number of benzene rings is 1. The van der Waals surface area contributed by atoms with Gasteiger partial charge in [0.25, 0.3) is 0 Å². The molecule has 2 rings (SSSR count). The van der Waals surface area contributed by atoms with Gasteiger partial charge in [-0.15, -0.1) is 11.3 Å². The Kier molecular flexibility index (Phi) is 8.44. The van der Waals surface area contributed by atoms with Crippen LogP contribution < -0.4 is 14.8 Å². The minimum atomic E-state index is -3.24. The van der Waals surface area contributed by atoms with Crippen molar-refractivity contribution in [3.63, 3.8) is 0 Å². The van der Waals surface area contributed by atoms with Crippen LogP contribution in [0.2, 0.25) is 0 Å². The van der Waals surface area contributed by atoms with Crippen LogP contribution in [0.5, 0.6) is 11.5 Å². The molecule has 1 amide bonds. The number of aromatic nitrogens is 1. The zero-order valence-corrected chi connectivity index (χ0v) is 18.1. The largest absolute Gasteiger partial charge is 0.497 e. The molecule has 0 radical (unpaired) electrons. The normalized spacial score (nSPS) is 11.3. The van der Waals surface area contributed by atoms with E-state index in [1.54, 1.807) is 51.6 Å². The van der Waals surface area contributed by atoms with Crippen molar-refractivity contribution in [3.05, 3.63) is 34.8 Å². The Labute approximate surface area is 168 Å². The number of hydrogen-bond acceptors (Lipinski definition) is 8. The lowest BCUT2D eigenvalue weighted by Crippen LogP contribution is -2.15. The predicted octanol–water partition coefficient (Wildman–Crippen LogP) is 4.11. The van der Waals surface area contributed by atoms with Crippen LogP contribution in [0.1, 0.15) is 25.1 Å². The number of nitrogens with zero attached hydrogens (tertiary/aromatic N) is 1. The summed E-state index contributed by atoms with van der Waals surface area (Å²) in [5.41, 5.74) is 1.25. The molecule has 10 heteroatoms. The van der Waals surface area contributed by atoms with E-state index in [2.05, 4.69) is 10.3 Å². The molecule has 8 nitrogen and oxygen atoms in total. The summed E-state index contributed by atoms with van der Waals surface area (Å²) in [5, 5.41) is 4.90. The maximum absolute atomic E-state index is 12.6. The lowest BCUT2D eigenvalue weighted by Gasteiger charge is -2.15. The molecule has 0 bridgehead atoms. The minimum absolute atomic E-state index is 0.0603. The lowest BCUT2D eigenvalue weighted by atomic mass is 10.1. The highest BCUT2D eigenvalue weighted by Gasteiger charge is 2.25. The molecule has 0 aliphatic heterocycles. The SMILES string of the molecule is CCOP(=O)(Cc1csc(NC(=O)Cc2cc(OC)ccc2OC)n1)OCC. The second-order valence-electron chi connectivity index (χ2n) is 5.65. The van der Waals surface area contributed by atoms with E-state index in [1.165, 1.54) is 11.3 Å². The van der Waals surface area contributed by atoms with E-state index in [0.29, 0.717) is 27.9 Å². The van der Waals surface area contributed by atoms with E-state index in [9.17, 15) is 9.36 Å². The first-order valence-electron chi connectivity index (χ1n) is 8.76. The molecule has 0 saturated heterocycles. The Morgan fingerprint density at radius 2 is 1.89 bits per heavy atom. The fraction of sp³-hybridized carbons (Fsp3) is 0.444. The maximum atomic E-state index is 12.6. The van der Waals surface area contributed by atoms with Gasteiger partial charge in [0.2, 0.25) is 5.91 Å². The molecule has 0 spiro atoms. The first kappa shape index (κ1) is 22.4. The van der Waals surface area contributed by atoms with E-state index < -0.39 is 7.60 Å².